The number of benzene rings is 1. The lowest BCUT2D eigenvalue weighted by Gasteiger charge is -2.16. The lowest BCUT2D eigenvalue weighted by atomic mass is 9.99. The highest BCUT2D eigenvalue weighted by Crippen LogP contribution is 2.15. The summed E-state index contributed by atoms with van der Waals surface area (Å²) in [5.74, 6) is 0. The van der Waals surface area contributed by atoms with Gasteiger partial charge in [-0.1, -0.05) is 82.0 Å². The molecule has 0 amide bonds. The van der Waals surface area contributed by atoms with Crippen molar-refractivity contribution in [3.8, 4) is 0 Å². The van der Waals surface area contributed by atoms with E-state index in [9.17, 15) is 0 Å². The Labute approximate surface area is 199 Å². The maximum absolute atomic E-state index is 4.38. The van der Waals surface area contributed by atoms with Crippen molar-refractivity contribution in [3.05, 3.63) is 95.3 Å². The second-order valence-corrected chi connectivity index (χ2v) is 7.32. The van der Waals surface area contributed by atoms with Crippen molar-refractivity contribution in [2.24, 2.45) is 4.99 Å². The van der Waals surface area contributed by atoms with Crippen LogP contribution in [0.1, 0.15) is 78.5 Å². The summed E-state index contributed by atoms with van der Waals surface area (Å²) < 4.78 is 0. The second-order valence-electron chi connectivity index (χ2n) is 7.32. The summed E-state index contributed by atoms with van der Waals surface area (Å²) in [6.45, 7) is 28.0. The minimum absolute atomic E-state index is 0.957. The fourth-order valence-electron chi connectivity index (χ4n) is 2.70. The molecule has 0 saturated heterocycles. The van der Waals surface area contributed by atoms with Gasteiger partial charge in [0.25, 0.3) is 0 Å². The molecule has 0 bridgehead atoms. The third-order valence-electron chi connectivity index (χ3n) is 4.90. The molecule has 0 unspecified atom stereocenters. The monoisotopic (exact) mass is 436 g/mol. The quantitative estimate of drug-likeness (QED) is 0.278. The molecule has 2 heteroatoms. The molecule has 0 spiro atoms. The first kappa shape index (κ1) is 31.7. The van der Waals surface area contributed by atoms with Crippen LogP contribution in [-0.2, 0) is 13.0 Å². The number of aryl methyl sites for hydroxylation is 1. The molecule has 0 atom stereocenters. The zero-order chi connectivity index (χ0) is 24.9. The summed E-state index contributed by atoms with van der Waals surface area (Å²) in [7, 11) is 0. The molecule has 2 nitrogen and oxygen atoms in total. The number of fused-ring (bicyclic) bond motifs is 1. The van der Waals surface area contributed by atoms with Gasteiger partial charge < -0.3 is 5.32 Å². The van der Waals surface area contributed by atoms with Gasteiger partial charge in [-0.25, -0.2) is 0 Å². The first-order chi connectivity index (χ1) is 15.3. The van der Waals surface area contributed by atoms with Crippen molar-refractivity contribution >= 4 is 5.71 Å². The third kappa shape index (κ3) is 13.8. The summed E-state index contributed by atoms with van der Waals surface area (Å²) in [6, 6.07) is 6.73. The maximum Gasteiger partial charge on any atom is 0.0395 e. The predicted molar refractivity (Wildman–Crippen MR) is 149 cm³/mol. The molecule has 0 aromatic heterocycles. The SMILES string of the molecule is C/C=C\C.C=CC(=C\C)/C(=C/N=C(C)C(=C)C)CC.CC.Cc1ccc2c(c1)CNCC2. The molecule has 2 rings (SSSR count). The fourth-order valence-corrected chi connectivity index (χ4v) is 2.70. The van der Waals surface area contributed by atoms with Crippen molar-refractivity contribution in [2.45, 2.75) is 81.7 Å². The van der Waals surface area contributed by atoms with E-state index < -0.39 is 0 Å². The minimum atomic E-state index is 0.957. The van der Waals surface area contributed by atoms with E-state index in [-0.39, 0.29) is 0 Å². The fraction of sp³-hybridized carbons (Fsp3) is 0.433. The minimum Gasteiger partial charge on any atom is -0.312 e. The van der Waals surface area contributed by atoms with Crippen LogP contribution in [-0.4, -0.2) is 12.3 Å². The normalized spacial score (nSPS) is 13.5. The Morgan fingerprint density at radius 2 is 1.72 bits per heavy atom. The number of nitrogens with zero attached hydrogens (tertiary/aromatic N) is 1. The Morgan fingerprint density at radius 1 is 1.09 bits per heavy atom. The Kier molecular flexibility index (Phi) is 20.3. The molecule has 1 N–H and O–H groups in total. The number of rotatable bonds is 5. The van der Waals surface area contributed by atoms with Gasteiger partial charge in [-0.05, 0) is 88.8 Å². The lowest BCUT2D eigenvalue weighted by Crippen LogP contribution is -2.23. The summed E-state index contributed by atoms with van der Waals surface area (Å²) in [4.78, 5) is 4.38. The standard InChI is InChI=1S/C14H21N.C10H13N.C4H8.C2H6/c1-7-13(8-2)14(9-3)10-15-12(6)11(4)5;1-8-2-3-9-4-5-11-7-10(9)6-8;1-3-4-2;1-2/h7-8,10H,1,4,9H2,2-3,5-6H3;2-3,6,11H,4-5,7H2,1H3;3-4H,1-2H3;1-2H3/b13-8+,14-10+,15-12?;;4-3-;. The molecular formula is C30H48N2. The van der Waals surface area contributed by atoms with Gasteiger partial charge in [0.15, 0.2) is 0 Å². The summed E-state index contributed by atoms with van der Waals surface area (Å²) in [5.41, 5.74) is 8.70. The summed E-state index contributed by atoms with van der Waals surface area (Å²) in [6.07, 6.45) is 12.0. The van der Waals surface area contributed by atoms with Crippen molar-refractivity contribution in [1.29, 1.82) is 0 Å². The molecule has 1 aliphatic heterocycles. The van der Waals surface area contributed by atoms with Crippen LogP contribution in [0, 0.1) is 6.92 Å². The Hall–Kier alpha value is -2.45. The molecule has 0 saturated carbocycles. The Bertz CT molecular complexity index is 785. The molecule has 1 aromatic rings. The van der Waals surface area contributed by atoms with Gasteiger partial charge in [0, 0.05) is 18.5 Å². The number of hydrogen-bond donors (Lipinski definition) is 1. The summed E-state index contributed by atoms with van der Waals surface area (Å²) >= 11 is 0. The van der Waals surface area contributed by atoms with Gasteiger partial charge in [0.1, 0.15) is 0 Å². The average molecular weight is 437 g/mol. The highest BCUT2D eigenvalue weighted by molar-refractivity contribution is 5.97. The van der Waals surface area contributed by atoms with E-state index in [1.54, 1.807) is 0 Å². The molecule has 0 fully saturated rings. The van der Waals surface area contributed by atoms with Crippen LogP contribution in [0.25, 0.3) is 0 Å². The molecule has 1 aromatic carbocycles. The van der Waals surface area contributed by atoms with E-state index in [0.29, 0.717) is 0 Å². The van der Waals surface area contributed by atoms with E-state index in [4.69, 9.17) is 0 Å². The average Bonchev–Trinajstić information content (AvgIpc) is 2.83. The van der Waals surface area contributed by atoms with Gasteiger partial charge >= 0.3 is 0 Å². The Morgan fingerprint density at radius 3 is 2.19 bits per heavy atom. The first-order valence-electron chi connectivity index (χ1n) is 11.9. The molecule has 178 valence electrons. The zero-order valence-electron chi connectivity index (χ0n) is 22.3. The number of hydrogen-bond acceptors (Lipinski definition) is 2. The number of allylic oxidation sites excluding steroid dienone is 7. The van der Waals surface area contributed by atoms with Crippen LogP contribution in [0.2, 0.25) is 0 Å². The second kappa shape index (κ2) is 20.5. The van der Waals surface area contributed by atoms with Gasteiger partial charge in [0.2, 0.25) is 0 Å². The molecule has 0 radical (unpaired) electrons. The largest absolute Gasteiger partial charge is 0.312 e. The van der Waals surface area contributed by atoms with Crippen LogP contribution in [0.4, 0.5) is 0 Å². The van der Waals surface area contributed by atoms with Gasteiger partial charge in [0.05, 0.1) is 0 Å². The van der Waals surface area contributed by atoms with Crippen LogP contribution in [0.3, 0.4) is 0 Å². The van der Waals surface area contributed by atoms with Crippen molar-refractivity contribution in [2.75, 3.05) is 6.54 Å². The van der Waals surface area contributed by atoms with Crippen LogP contribution >= 0.6 is 0 Å². The van der Waals surface area contributed by atoms with Crippen LogP contribution < -0.4 is 5.32 Å². The first-order valence-corrected chi connectivity index (χ1v) is 11.9. The maximum atomic E-state index is 4.38. The third-order valence-corrected chi connectivity index (χ3v) is 4.90. The van der Waals surface area contributed by atoms with E-state index in [1.807, 2.05) is 79.0 Å². The van der Waals surface area contributed by atoms with E-state index in [0.717, 1.165) is 36.4 Å². The highest BCUT2D eigenvalue weighted by atomic mass is 14.9. The van der Waals surface area contributed by atoms with E-state index in [1.165, 1.54) is 28.7 Å². The number of nitrogens with one attached hydrogen (secondary N) is 1. The molecule has 32 heavy (non-hydrogen) atoms. The van der Waals surface area contributed by atoms with Crippen LogP contribution in [0.5, 0.6) is 0 Å². The molecular weight excluding hydrogens is 388 g/mol. The highest BCUT2D eigenvalue weighted by Gasteiger charge is 2.06. The van der Waals surface area contributed by atoms with Gasteiger partial charge in [-0.15, -0.1) is 0 Å². The topological polar surface area (TPSA) is 24.4 Å². The number of aliphatic imine (C=N–C) groups is 1. The predicted octanol–water partition coefficient (Wildman–Crippen LogP) is 8.70. The zero-order valence-corrected chi connectivity index (χ0v) is 22.3. The molecule has 0 aliphatic carbocycles. The Balaban J connectivity index is 0. The lowest BCUT2D eigenvalue weighted by molar-refractivity contribution is 0.643. The van der Waals surface area contributed by atoms with Gasteiger partial charge in [-0.2, -0.15) is 0 Å². The van der Waals surface area contributed by atoms with Gasteiger partial charge in [-0.3, -0.25) is 4.99 Å². The van der Waals surface area contributed by atoms with E-state index >= 15 is 0 Å². The van der Waals surface area contributed by atoms with Crippen molar-refractivity contribution in [1.82, 2.24) is 5.32 Å². The van der Waals surface area contributed by atoms with Crippen molar-refractivity contribution < 1.29 is 0 Å². The van der Waals surface area contributed by atoms with Crippen molar-refractivity contribution in [3.63, 3.8) is 0 Å². The molecule has 1 aliphatic rings. The summed E-state index contributed by atoms with van der Waals surface area (Å²) in [5, 5.41) is 3.37. The smallest absolute Gasteiger partial charge is 0.0395 e. The molecule has 1 heterocycles. The van der Waals surface area contributed by atoms with E-state index in [2.05, 4.69) is 55.5 Å². The van der Waals surface area contributed by atoms with Crippen LogP contribution in [0.15, 0.2) is 83.6 Å².